The molecule has 0 amide bonds. The molecule has 1 aliphatic heterocycles. The van der Waals surface area contributed by atoms with Crippen molar-refractivity contribution in [2.45, 2.75) is 31.4 Å². The number of rotatable bonds is 4. The lowest BCUT2D eigenvalue weighted by molar-refractivity contribution is 0.0794. The van der Waals surface area contributed by atoms with Gasteiger partial charge in [0.15, 0.2) is 0 Å². The smallest absolute Gasteiger partial charge is 0.0916 e. The second-order valence-electron chi connectivity index (χ2n) is 5.54. The fraction of sp³-hybridized carbons (Fsp3) is 0.600. The molecule has 1 aromatic rings. The quantitative estimate of drug-likeness (QED) is 0.853. The minimum Gasteiger partial charge on any atom is -0.387 e. The highest BCUT2D eigenvalue weighted by Crippen LogP contribution is 2.23. The van der Waals surface area contributed by atoms with Gasteiger partial charge in [0.2, 0.25) is 0 Å². The Hall–Kier alpha value is -0.900. The maximum absolute atomic E-state index is 10.2. The Balaban J connectivity index is 1.85. The van der Waals surface area contributed by atoms with Crippen LogP contribution in [0.1, 0.15) is 31.4 Å². The topological polar surface area (TPSA) is 35.5 Å². The first kappa shape index (κ1) is 13.5. The van der Waals surface area contributed by atoms with Gasteiger partial charge in [0.1, 0.15) is 0 Å². The molecule has 2 N–H and O–H groups in total. The number of piperidine rings is 1. The molecule has 0 bridgehead atoms. The highest BCUT2D eigenvalue weighted by molar-refractivity contribution is 5.17. The Morgan fingerprint density at radius 1 is 1.28 bits per heavy atom. The molecule has 0 radical (unpaired) electrons. The molecule has 1 saturated heterocycles. The number of hydrogen-bond acceptors (Lipinski definition) is 3. The zero-order valence-electron chi connectivity index (χ0n) is 11.4. The van der Waals surface area contributed by atoms with Gasteiger partial charge >= 0.3 is 0 Å². The van der Waals surface area contributed by atoms with E-state index < -0.39 is 0 Å². The van der Waals surface area contributed by atoms with E-state index in [1.54, 1.807) is 0 Å². The summed E-state index contributed by atoms with van der Waals surface area (Å²) in [5.74, 6) is 0. The van der Waals surface area contributed by atoms with E-state index in [9.17, 15) is 5.11 Å². The van der Waals surface area contributed by atoms with Gasteiger partial charge in [-0.25, -0.2) is 0 Å². The van der Waals surface area contributed by atoms with Crippen LogP contribution in [0.2, 0.25) is 0 Å². The number of nitrogens with one attached hydrogen (secondary N) is 1. The third-order valence-electron chi connectivity index (χ3n) is 4.18. The number of hydrogen-bond donors (Lipinski definition) is 2. The van der Waals surface area contributed by atoms with Crippen LogP contribution >= 0.6 is 0 Å². The molecule has 1 fully saturated rings. The van der Waals surface area contributed by atoms with E-state index in [1.165, 1.54) is 0 Å². The van der Waals surface area contributed by atoms with Crippen LogP contribution in [-0.2, 0) is 0 Å². The second-order valence-corrected chi connectivity index (χ2v) is 5.54. The lowest BCUT2D eigenvalue weighted by Gasteiger charge is -2.40. The summed E-state index contributed by atoms with van der Waals surface area (Å²) in [6.45, 7) is 5.13. The van der Waals surface area contributed by atoms with E-state index in [4.69, 9.17) is 0 Å². The molecule has 2 rings (SSSR count). The molecule has 1 aliphatic rings. The van der Waals surface area contributed by atoms with Gasteiger partial charge < -0.3 is 15.3 Å². The van der Waals surface area contributed by atoms with Crippen molar-refractivity contribution in [2.24, 2.45) is 0 Å². The summed E-state index contributed by atoms with van der Waals surface area (Å²) in [5.41, 5.74) is 1.29. The van der Waals surface area contributed by atoms with Crippen molar-refractivity contribution in [1.82, 2.24) is 10.2 Å². The summed E-state index contributed by atoms with van der Waals surface area (Å²) >= 11 is 0. The van der Waals surface area contributed by atoms with Gasteiger partial charge in [-0.05, 0) is 45.5 Å². The predicted octanol–water partition coefficient (Wildman–Crippen LogP) is 1.79. The minimum atomic E-state index is -0.370. The van der Waals surface area contributed by atoms with E-state index in [-0.39, 0.29) is 11.6 Å². The molecule has 3 heteroatoms. The Morgan fingerprint density at radius 3 is 2.44 bits per heavy atom. The number of likely N-dealkylation sites (tertiary alicyclic amines) is 1. The first-order valence-electron chi connectivity index (χ1n) is 6.77. The Kier molecular flexibility index (Phi) is 4.38. The summed E-state index contributed by atoms with van der Waals surface area (Å²) in [5, 5.41) is 13.6. The molecule has 100 valence electrons. The Morgan fingerprint density at radius 2 is 1.89 bits per heavy atom. The average molecular weight is 248 g/mol. The van der Waals surface area contributed by atoms with E-state index in [0.717, 1.165) is 38.0 Å². The van der Waals surface area contributed by atoms with Crippen LogP contribution in [0.25, 0.3) is 0 Å². The number of β-amino-alcohol motifs (C(OH)–C–C–N with tert-alkyl or cyclic N) is 1. The molecule has 1 aromatic carbocycles. The molecule has 0 spiro atoms. The standard InChI is InChI=1S/C15H24N2O/c1-15(16-2)8-10-17(11-9-15)12-14(18)13-6-4-3-5-7-13/h3-7,14,16,18H,8-12H2,1-2H3. The van der Waals surface area contributed by atoms with Gasteiger partial charge in [0.05, 0.1) is 6.10 Å². The van der Waals surface area contributed by atoms with Crippen LogP contribution in [0.5, 0.6) is 0 Å². The van der Waals surface area contributed by atoms with Crippen molar-refractivity contribution in [2.75, 3.05) is 26.7 Å². The first-order chi connectivity index (χ1) is 8.63. The summed E-state index contributed by atoms with van der Waals surface area (Å²) in [6, 6.07) is 9.92. The van der Waals surface area contributed by atoms with Gasteiger partial charge in [0.25, 0.3) is 0 Å². The van der Waals surface area contributed by atoms with Gasteiger partial charge in [-0.15, -0.1) is 0 Å². The van der Waals surface area contributed by atoms with Gasteiger partial charge in [0, 0.05) is 12.1 Å². The number of aliphatic hydroxyl groups is 1. The van der Waals surface area contributed by atoms with E-state index in [2.05, 4.69) is 17.1 Å². The number of benzene rings is 1. The number of aliphatic hydroxyl groups excluding tert-OH is 1. The van der Waals surface area contributed by atoms with Crippen LogP contribution in [0.15, 0.2) is 30.3 Å². The molecule has 1 heterocycles. The fourth-order valence-electron chi connectivity index (χ4n) is 2.50. The minimum absolute atomic E-state index is 0.272. The lowest BCUT2D eigenvalue weighted by Crippen LogP contribution is -2.50. The van der Waals surface area contributed by atoms with Gasteiger partial charge in [-0.3, -0.25) is 0 Å². The SMILES string of the molecule is CNC1(C)CCN(CC(O)c2ccccc2)CC1. The van der Waals surface area contributed by atoms with Gasteiger partial charge in [-0.1, -0.05) is 30.3 Å². The van der Waals surface area contributed by atoms with Crippen molar-refractivity contribution >= 4 is 0 Å². The van der Waals surface area contributed by atoms with Crippen LogP contribution in [0.3, 0.4) is 0 Å². The highest BCUT2D eigenvalue weighted by Gasteiger charge is 2.28. The third-order valence-corrected chi connectivity index (χ3v) is 4.18. The summed E-state index contributed by atoms with van der Waals surface area (Å²) in [7, 11) is 2.04. The molecule has 18 heavy (non-hydrogen) atoms. The lowest BCUT2D eigenvalue weighted by atomic mass is 9.89. The van der Waals surface area contributed by atoms with Crippen LogP contribution in [-0.4, -0.2) is 42.2 Å². The van der Waals surface area contributed by atoms with Crippen molar-refractivity contribution in [3.63, 3.8) is 0 Å². The predicted molar refractivity (Wildman–Crippen MR) is 74.5 cm³/mol. The summed E-state index contributed by atoms with van der Waals surface area (Å²) in [6.07, 6.45) is 1.92. The second kappa shape index (κ2) is 5.83. The zero-order chi connectivity index (χ0) is 13.0. The molecular weight excluding hydrogens is 224 g/mol. The molecule has 0 aromatic heterocycles. The van der Waals surface area contributed by atoms with Crippen molar-refractivity contribution in [3.05, 3.63) is 35.9 Å². The molecule has 3 nitrogen and oxygen atoms in total. The van der Waals surface area contributed by atoms with Crippen molar-refractivity contribution in [3.8, 4) is 0 Å². The maximum atomic E-state index is 10.2. The molecule has 1 unspecified atom stereocenters. The van der Waals surface area contributed by atoms with Crippen LogP contribution in [0, 0.1) is 0 Å². The van der Waals surface area contributed by atoms with Gasteiger partial charge in [-0.2, -0.15) is 0 Å². The fourth-order valence-corrected chi connectivity index (χ4v) is 2.50. The van der Waals surface area contributed by atoms with E-state index in [1.807, 2.05) is 37.4 Å². The Bertz CT molecular complexity index is 358. The normalized spacial score (nSPS) is 21.7. The van der Waals surface area contributed by atoms with E-state index >= 15 is 0 Å². The third kappa shape index (κ3) is 3.31. The average Bonchev–Trinajstić information content (AvgIpc) is 2.42. The maximum Gasteiger partial charge on any atom is 0.0916 e. The highest BCUT2D eigenvalue weighted by atomic mass is 16.3. The van der Waals surface area contributed by atoms with Crippen LogP contribution < -0.4 is 5.32 Å². The Labute approximate surface area is 110 Å². The summed E-state index contributed by atoms with van der Waals surface area (Å²) in [4.78, 5) is 2.36. The zero-order valence-corrected chi connectivity index (χ0v) is 11.4. The summed E-state index contributed by atoms with van der Waals surface area (Å²) < 4.78 is 0. The molecule has 1 atom stereocenters. The van der Waals surface area contributed by atoms with Crippen LogP contribution in [0.4, 0.5) is 0 Å². The number of nitrogens with zero attached hydrogens (tertiary/aromatic N) is 1. The largest absolute Gasteiger partial charge is 0.387 e. The molecule has 0 saturated carbocycles. The first-order valence-corrected chi connectivity index (χ1v) is 6.77. The molecule has 0 aliphatic carbocycles. The monoisotopic (exact) mass is 248 g/mol. The van der Waals surface area contributed by atoms with Crippen molar-refractivity contribution in [1.29, 1.82) is 0 Å². The van der Waals surface area contributed by atoms with E-state index in [0.29, 0.717) is 0 Å². The van der Waals surface area contributed by atoms with Crippen molar-refractivity contribution < 1.29 is 5.11 Å². The molecular formula is C15H24N2O.